The minimum atomic E-state index is -0.278. The molecule has 1 heterocycles. The van der Waals surface area contributed by atoms with Crippen LogP contribution >= 0.6 is 0 Å². The van der Waals surface area contributed by atoms with E-state index < -0.39 is 0 Å². The fraction of sp³-hybridized carbons (Fsp3) is 0.0800. The molecular weight excluding hydrogens is 379 g/mol. The Kier molecular flexibility index (Phi) is 5.61. The maximum Gasteiger partial charge on any atom is 0.224 e. The largest absolute Gasteiger partial charge is 0.497 e. The van der Waals surface area contributed by atoms with Crippen LogP contribution in [0.15, 0.2) is 78.9 Å². The van der Waals surface area contributed by atoms with Gasteiger partial charge < -0.3 is 9.47 Å². The second kappa shape index (κ2) is 8.66. The van der Waals surface area contributed by atoms with Crippen molar-refractivity contribution >= 4 is 12.2 Å². The number of ether oxygens (including phenoxy) is 2. The minimum Gasteiger partial charge on any atom is -0.497 e. The second-order valence-electron chi connectivity index (χ2n) is 6.64. The Morgan fingerprint density at radius 1 is 0.833 bits per heavy atom. The Hall–Kier alpha value is -3.86. The van der Waals surface area contributed by atoms with E-state index in [9.17, 15) is 4.39 Å². The average molecular weight is 400 g/mol. The second-order valence-corrected chi connectivity index (χ2v) is 6.64. The topological polar surface area (TPSA) is 36.3 Å². The Morgan fingerprint density at radius 3 is 2.27 bits per heavy atom. The lowest BCUT2D eigenvalue weighted by molar-refractivity contribution is 0.383. The highest BCUT2D eigenvalue weighted by atomic mass is 19.1. The first-order valence-corrected chi connectivity index (χ1v) is 9.50. The molecule has 0 bridgehead atoms. The van der Waals surface area contributed by atoms with Gasteiger partial charge in [-0.05, 0) is 60.2 Å². The molecule has 3 aromatic carbocycles. The van der Waals surface area contributed by atoms with Gasteiger partial charge >= 0.3 is 0 Å². The lowest BCUT2D eigenvalue weighted by Gasteiger charge is -2.06. The van der Waals surface area contributed by atoms with Crippen LogP contribution in [0.4, 0.5) is 4.39 Å². The molecule has 0 spiro atoms. The highest BCUT2D eigenvalue weighted by Gasteiger charge is 2.19. The van der Waals surface area contributed by atoms with E-state index in [0.29, 0.717) is 5.88 Å². The first-order valence-electron chi connectivity index (χ1n) is 9.50. The van der Waals surface area contributed by atoms with Gasteiger partial charge in [-0.15, -0.1) is 0 Å². The molecule has 1 aromatic heterocycles. The first kappa shape index (κ1) is 19.5. The number of nitrogens with zero attached hydrogens (tertiary/aromatic N) is 2. The van der Waals surface area contributed by atoms with Crippen LogP contribution < -0.4 is 9.47 Å². The quantitative estimate of drug-likeness (QED) is 0.406. The van der Waals surface area contributed by atoms with Crippen molar-refractivity contribution in [3.05, 3.63) is 95.8 Å². The van der Waals surface area contributed by atoms with Gasteiger partial charge in [-0.2, -0.15) is 9.78 Å². The van der Waals surface area contributed by atoms with E-state index in [4.69, 9.17) is 14.6 Å². The van der Waals surface area contributed by atoms with Gasteiger partial charge in [-0.3, -0.25) is 0 Å². The zero-order valence-electron chi connectivity index (χ0n) is 16.7. The van der Waals surface area contributed by atoms with Gasteiger partial charge in [-0.25, -0.2) is 4.39 Å². The average Bonchev–Trinajstić information content (AvgIpc) is 3.17. The molecule has 0 amide bonds. The zero-order valence-corrected chi connectivity index (χ0v) is 16.7. The summed E-state index contributed by atoms with van der Waals surface area (Å²) in [5, 5.41) is 4.83. The van der Waals surface area contributed by atoms with Gasteiger partial charge in [0.1, 0.15) is 17.3 Å². The summed E-state index contributed by atoms with van der Waals surface area (Å²) in [4.78, 5) is 0. The van der Waals surface area contributed by atoms with E-state index in [-0.39, 0.29) is 5.82 Å². The molecule has 4 rings (SSSR count). The summed E-state index contributed by atoms with van der Waals surface area (Å²) < 4.78 is 26.4. The van der Waals surface area contributed by atoms with Gasteiger partial charge in [-0.1, -0.05) is 36.4 Å². The van der Waals surface area contributed by atoms with Crippen LogP contribution in [-0.4, -0.2) is 24.0 Å². The summed E-state index contributed by atoms with van der Waals surface area (Å²) in [5.74, 6) is 1.09. The van der Waals surface area contributed by atoms with Crippen LogP contribution in [-0.2, 0) is 0 Å². The Labute approximate surface area is 174 Å². The van der Waals surface area contributed by atoms with Crippen LogP contribution in [0.3, 0.4) is 0 Å². The smallest absolute Gasteiger partial charge is 0.224 e. The molecule has 0 radical (unpaired) electrons. The standard InChI is InChI=1S/C25H21FN2O2/c1-29-22-14-12-19(13-15-22)24-23(16-11-18-7-6-8-20(26)17-18)25(30-2)28(27-24)21-9-4-3-5-10-21/h3-17H,1-2H3. The van der Waals surface area contributed by atoms with Crippen LogP contribution in [0.1, 0.15) is 11.1 Å². The highest BCUT2D eigenvalue weighted by Crippen LogP contribution is 2.35. The van der Waals surface area contributed by atoms with E-state index in [1.54, 1.807) is 25.0 Å². The maximum atomic E-state index is 13.6. The van der Waals surface area contributed by atoms with Crippen molar-refractivity contribution in [2.24, 2.45) is 0 Å². The minimum absolute atomic E-state index is 0.278. The van der Waals surface area contributed by atoms with Crippen molar-refractivity contribution in [3.63, 3.8) is 0 Å². The lowest BCUT2D eigenvalue weighted by atomic mass is 10.1. The van der Waals surface area contributed by atoms with Crippen molar-refractivity contribution in [3.8, 4) is 28.6 Å². The van der Waals surface area contributed by atoms with Crippen molar-refractivity contribution in [1.29, 1.82) is 0 Å². The Balaban J connectivity index is 1.87. The molecule has 0 aliphatic heterocycles. The van der Waals surface area contributed by atoms with E-state index >= 15 is 0 Å². The molecule has 0 aliphatic carbocycles. The zero-order chi connectivity index (χ0) is 20.9. The Bertz CT molecular complexity index is 1170. The molecule has 0 unspecified atom stereocenters. The summed E-state index contributed by atoms with van der Waals surface area (Å²) in [5.41, 5.74) is 4.11. The molecule has 0 saturated carbocycles. The first-order chi connectivity index (χ1) is 14.7. The third-order valence-corrected chi connectivity index (χ3v) is 4.73. The molecule has 4 nitrogen and oxygen atoms in total. The SMILES string of the molecule is COc1ccc(-c2nn(-c3ccccc3)c(OC)c2C=Cc2cccc(F)c2)cc1. The number of para-hydroxylation sites is 1. The van der Waals surface area contributed by atoms with E-state index in [1.165, 1.54) is 12.1 Å². The van der Waals surface area contributed by atoms with Crippen LogP contribution in [0.25, 0.3) is 29.1 Å². The van der Waals surface area contributed by atoms with Crippen molar-refractivity contribution in [1.82, 2.24) is 9.78 Å². The summed E-state index contributed by atoms with van der Waals surface area (Å²) >= 11 is 0. The van der Waals surface area contributed by atoms with Crippen molar-refractivity contribution in [2.45, 2.75) is 0 Å². The van der Waals surface area contributed by atoms with Gasteiger partial charge in [0.15, 0.2) is 0 Å². The summed E-state index contributed by atoms with van der Waals surface area (Å²) in [6.45, 7) is 0. The summed E-state index contributed by atoms with van der Waals surface area (Å²) in [6, 6.07) is 23.9. The lowest BCUT2D eigenvalue weighted by Crippen LogP contribution is -1.99. The van der Waals surface area contributed by atoms with Gasteiger partial charge in [0.2, 0.25) is 5.88 Å². The maximum absolute atomic E-state index is 13.6. The molecule has 0 saturated heterocycles. The van der Waals surface area contributed by atoms with E-state index in [1.807, 2.05) is 72.8 Å². The number of halogens is 1. The Morgan fingerprint density at radius 2 is 1.60 bits per heavy atom. The highest BCUT2D eigenvalue weighted by molar-refractivity contribution is 5.82. The fourth-order valence-electron chi connectivity index (χ4n) is 3.26. The number of hydrogen-bond donors (Lipinski definition) is 0. The predicted octanol–water partition coefficient (Wildman–Crippen LogP) is 5.87. The molecule has 30 heavy (non-hydrogen) atoms. The molecule has 0 N–H and O–H groups in total. The van der Waals surface area contributed by atoms with Crippen molar-refractivity contribution < 1.29 is 13.9 Å². The molecule has 0 fully saturated rings. The van der Waals surface area contributed by atoms with E-state index in [2.05, 4.69) is 0 Å². The molecule has 0 atom stereocenters. The number of rotatable bonds is 6. The van der Waals surface area contributed by atoms with E-state index in [0.717, 1.165) is 33.8 Å². The summed E-state index contributed by atoms with van der Waals surface area (Å²) in [7, 11) is 3.25. The van der Waals surface area contributed by atoms with Crippen LogP contribution in [0.2, 0.25) is 0 Å². The van der Waals surface area contributed by atoms with Gasteiger partial charge in [0.05, 0.1) is 25.5 Å². The molecular formula is C25H21FN2O2. The fourth-order valence-corrected chi connectivity index (χ4v) is 3.26. The summed E-state index contributed by atoms with van der Waals surface area (Å²) in [6.07, 6.45) is 3.75. The number of hydrogen-bond acceptors (Lipinski definition) is 3. The van der Waals surface area contributed by atoms with Crippen molar-refractivity contribution in [2.75, 3.05) is 14.2 Å². The number of aromatic nitrogens is 2. The van der Waals surface area contributed by atoms with Gasteiger partial charge in [0, 0.05) is 5.56 Å². The number of methoxy groups -OCH3 is 2. The van der Waals surface area contributed by atoms with Crippen LogP contribution in [0, 0.1) is 5.82 Å². The predicted molar refractivity (Wildman–Crippen MR) is 117 cm³/mol. The molecule has 4 aromatic rings. The van der Waals surface area contributed by atoms with Gasteiger partial charge in [0.25, 0.3) is 0 Å². The third-order valence-electron chi connectivity index (χ3n) is 4.73. The molecule has 5 heteroatoms. The molecule has 150 valence electrons. The number of benzene rings is 3. The normalized spacial score (nSPS) is 11.0. The molecule has 0 aliphatic rings. The monoisotopic (exact) mass is 400 g/mol. The third kappa shape index (κ3) is 3.96. The van der Waals surface area contributed by atoms with Crippen LogP contribution in [0.5, 0.6) is 11.6 Å².